The predicted octanol–water partition coefficient (Wildman–Crippen LogP) is 0.396. The van der Waals surface area contributed by atoms with Gasteiger partial charge in [0, 0.05) is 27.2 Å². The van der Waals surface area contributed by atoms with Gasteiger partial charge in [-0.1, -0.05) is 6.07 Å². The van der Waals surface area contributed by atoms with Crippen molar-refractivity contribution in [1.82, 2.24) is 9.62 Å². The number of ether oxygens (including phenoxy) is 2. The van der Waals surface area contributed by atoms with Crippen molar-refractivity contribution >= 4 is 10.0 Å². The van der Waals surface area contributed by atoms with Crippen molar-refractivity contribution in [2.24, 2.45) is 0 Å². The van der Waals surface area contributed by atoms with E-state index in [9.17, 15) is 8.42 Å². The molecule has 1 aliphatic heterocycles. The lowest BCUT2D eigenvalue weighted by Gasteiger charge is -2.11. The molecule has 0 radical (unpaired) electrons. The number of rotatable bonds is 6. The predicted molar refractivity (Wildman–Crippen MR) is 71.7 cm³/mol. The molecule has 1 heterocycles. The smallest absolute Gasteiger partial charge is 0.231 e. The zero-order valence-corrected chi connectivity index (χ0v) is 11.9. The molecule has 0 unspecified atom stereocenters. The summed E-state index contributed by atoms with van der Waals surface area (Å²) in [6, 6.07) is 5.69. The average Bonchev–Trinajstić information content (AvgIpc) is 2.81. The monoisotopic (exact) mass is 286 g/mol. The molecule has 0 bridgehead atoms. The first-order chi connectivity index (χ1) is 8.99. The molecule has 1 aliphatic rings. The van der Waals surface area contributed by atoms with Gasteiger partial charge in [0.25, 0.3) is 0 Å². The van der Waals surface area contributed by atoms with Gasteiger partial charge in [0.2, 0.25) is 16.8 Å². The van der Waals surface area contributed by atoms with Gasteiger partial charge < -0.3 is 14.8 Å². The first-order valence-corrected chi connectivity index (χ1v) is 7.59. The number of nitrogens with zero attached hydrogens (tertiary/aromatic N) is 1. The van der Waals surface area contributed by atoms with Gasteiger partial charge in [-0.25, -0.2) is 12.7 Å². The van der Waals surface area contributed by atoms with Gasteiger partial charge in [-0.2, -0.15) is 0 Å². The fourth-order valence-electron chi connectivity index (χ4n) is 1.67. The van der Waals surface area contributed by atoms with E-state index in [-0.39, 0.29) is 12.5 Å². The lowest BCUT2D eigenvalue weighted by molar-refractivity contribution is 0.174. The Hall–Kier alpha value is -1.31. The van der Waals surface area contributed by atoms with Crippen molar-refractivity contribution in [2.75, 3.05) is 33.2 Å². The summed E-state index contributed by atoms with van der Waals surface area (Å²) in [4.78, 5) is 0. The topological polar surface area (TPSA) is 67.9 Å². The van der Waals surface area contributed by atoms with E-state index < -0.39 is 10.0 Å². The highest BCUT2D eigenvalue weighted by Gasteiger charge is 2.14. The van der Waals surface area contributed by atoms with Crippen LogP contribution in [-0.4, -0.2) is 45.9 Å². The second-order valence-electron chi connectivity index (χ2n) is 4.46. The molecule has 0 aliphatic carbocycles. The van der Waals surface area contributed by atoms with Gasteiger partial charge in [-0.05, 0) is 17.7 Å². The number of fused-ring (bicyclic) bond motifs is 1. The second-order valence-corrected chi connectivity index (χ2v) is 6.77. The summed E-state index contributed by atoms with van der Waals surface area (Å²) >= 11 is 0. The molecule has 6 nitrogen and oxygen atoms in total. The van der Waals surface area contributed by atoms with Gasteiger partial charge in [0.05, 0.1) is 5.75 Å². The molecule has 0 saturated carbocycles. The highest BCUT2D eigenvalue weighted by atomic mass is 32.2. The number of hydrogen-bond donors (Lipinski definition) is 1. The molecular weight excluding hydrogens is 268 g/mol. The summed E-state index contributed by atoms with van der Waals surface area (Å²) in [5.41, 5.74) is 1.03. The van der Waals surface area contributed by atoms with Gasteiger partial charge in [0.15, 0.2) is 11.5 Å². The summed E-state index contributed by atoms with van der Waals surface area (Å²) < 4.78 is 34.8. The van der Waals surface area contributed by atoms with Crippen molar-refractivity contribution in [3.05, 3.63) is 23.8 Å². The standard InChI is InChI=1S/C12H18N2O4S/c1-14(2)19(15,16)6-5-13-8-10-3-4-11-12(7-10)18-9-17-11/h3-4,7,13H,5-6,8-9H2,1-2H3. The van der Waals surface area contributed by atoms with Crippen LogP contribution >= 0.6 is 0 Å². The molecular formula is C12H18N2O4S. The summed E-state index contributed by atoms with van der Waals surface area (Å²) in [6.45, 7) is 1.27. The molecule has 1 N–H and O–H groups in total. The molecule has 0 amide bonds. The Morgan fingerprint density at radius 1 is 1.26 bits per heavy atom. The Kier molecular flexibility index (Phi) is 4.28. The van der Waals surface area contributed by atoms with E-state index in [4.69, 9.17) is 9.47 Å². The van der Waals surface area contributed by atoms with Crippen LogP contribution in [0.4, 0.5) is 0 Å². The third kappa shape index (κ3) is 3.59. The van der Waals surface area contributed by atoms with Crippen LogP contribution in [0, 0.1) is 0 Å². The maximum Gasteiger partial charge on any atom is 0.231 e. The molecule has 1 aromatic rings. The molecule has 0 aromatic heterocycles. The third-order valence-corrected chi connectivity index (χ3v) is 4.69. The molecule has 0 atom stereocenters. The minimum absolute atomic E-state index is 0.0878. The summed E-state index contributed by atoms with van der Waals surface area (Å²) in [6.07, 6.45) is 0. The Morgan fingerprint density at radius 3 is 2.74 bits per heavy atom. The fraction of sp³-hybridized carbons (Fsp3) is 0.500. The molecule has 1 aromatic carbocycles. The highest BCUT2D eigenvalue weighted by molar-refractivity contribution is 7.89. The second kappa shape index (κ2) is 5.77. The lowest BCUT2D eigenvalue weighted by Crippen LogP contribution is -2.30. The van der Waals surface area contributed by atoms with Crippen LogP contribution in [0.15, 0.2) is 18.2 Å². The van der Waals surface area contributed by atoms with Crippen LogP contribution in [0.5, 0.6) is 11.5 Å². The number of nitrogens with one attached hydrogen (secondary N) is 1. The molecule has 0 fully saturated rings. The Balaban J connectivity index is 1.80. The molecule has 19 heavy (non-hydrogen) atoms. The van der Waals surface area contributed by atoms with E-state index >= 15 is 0 Å². The maximum atomic E-state index is 11.5. The SMILES string of the molecule is CN(C)S(=O)(=O)CCNCc1ccc2c(c1)OCO2. The van der Waals surface area contributed by atoms with Crippen LogP contribution < -0.4 is 14.8 Å². The average molecular weight is 286 g/mol. The molecule has 106 valence electrons. The molecule has 2 rings (SSSR count). The van der Waals surface area contributed by atoms with Crippen molar-refractivity contribution in [1.29, 1.82) is 0 Å². The Bertz CT molecular complexity index is 543. The van der Waals surface area contributed by atoms with E-state index in [1.165, 1.54) is 18.4 Å². The molecule has 7 heteroatoms. The van der Waals surface area contributed by atoms with Crippen molar-refractivity contribution < 1.29 is 17.9 Å². The van der Waals surface area contributed by atoms with Crippen molar-refractivity contribution in [3.63, 3.8) is 0 Å². The Morgan fingerprint density at radius 2 is 2.00 bits per heavy atom. The van der Waals surface area contributed by atoms with Crippen LogP contribution in [0.1, 0.15) is 5.56 Å². The summed E-state index contributed by atoms with van der Waals surface area (Å²) in [5, 5.41) is 3.10. The van der Waals surface area contributed by atoms with E-state index in [1.54, 1.807) is 0 Å². The summed E-state index contributed by atoms with van der Waals surface area (Å²) in [5.74, 6) is 1.57. The van der Waals surface area contributed by atoms with Crippen molar-refractivity contribution in [2.45, 2.75) is 6.54 Å². The van der Waals surface area contributed by atoms with Crippen LogP contribution in [0.25, 0.3) is 0 Å². The quantitative estimate of drug-likeness (QED) is 0.767. The Labute approximate surface area is 113 Å². The van der Waals surface area contributed by atoms with Gasteiger partial charge >= 0.3 is 0 Å². The van der Waals surface area contributed by atoms with Crippen molar-refractivity contribution in [3.8, 4) is 11.5 Å². The highest BCUT2D eigenvalue weighted by Crippen LogP contribution is 2.32. The zero-order chi connectivity index (χ0) is 13.9. The molecule has 0 saturated heterocycles. The van der Waals surface area contributed by atoms with Gasteiger partial charge in [0.1, 0.15) is 0 Å². The molecule has 0 spiro atoms. The third-order valence-electron chi connectivity index (χ3n) is 2.86. The van der Waals surface area contributed by atoms with E-state index in [1.807, 2.05) is 18.2 Å². The minimum atomic E-state index is -3.14. The van der Waals surface area contributed by atoms with Gasteiger partial charge in [-0.15, -0.1) is 0 Å². The lowest BCUT2D eigenvalue weighted by atomic mass is 10.2. The normalized spacial score (nSPS) is 14.1. The van der Waals surface area contributed by atoms with Crippen LogP contribution in [-0.2, 0) is 16.6 Å². The fourth-order valence-corrected chi connectivity index (χ4v) is 2.43. The summed E-state index contributed by atoms with van der Waals surface area (Å²) in [7, 11) is -0.0662. The minimum Gasteiger partial charge on any atom is -0.454 e. The van der Waals surface area contributed by atoms with E-state index in [2.05, 4.69) is 5.32 Å². The maximum absolute atomic E-state index is 11.5. The number of sulfonamides is 1. The van der Waals surface area contributed by atoms with Gasteiger partial charge in [-0.3, -0.25) is 0 Å². The number of benzene rings is 1. The van der Waals surface area contributed by atoms with Crippen LogP contribution in [0.3, 0.4) is 0 Å². The number of hydrogen-bond acceptors (Lipinski definition) is 5. The first-order valence-electron chi connectivity index (χ1n) is 5.98. The van der Waals surface area contributed by atoms with E-state index in [0.29, 0.717) is 13.1 Å². The zero-order valence-electron chi connectivity index (χ0n) is 11.0. The van der Waals surface area contributed by atoms with E-state index in [0.717, 1.165) is 17.1 Å². The largest absolute Gasteiger partial charge is 0.454 e. The van der Waals surface area contributed by atoms with Crippen LogP contribution in [0.2, 0.25) is 0 Å². The first kappa shape index (κ1) is 14.1.